The highest BCUT2D eigenvalue weighted by Crippen LogP contribution is 2.22. The van der Waals surface area contributed by atoms with E-state index < -0.39 is 6.09 Å². The Labute approximate surface area is 158 Å². The zero-order chi connectivity index (χ0) is 18.9. The molecule has 0 heterocycles. The van der Waals surface area contributed by atoms with E-state index in [2.05, 4.69) is 11.1 Å². The topological polar surface area (TPSA) is 51.1 Å². The zero-order valence-electron chi connectivity index (χ0n) is 14.6. The third kappa shape index (κ3) is 5.01. The number of hydrogen-bond donors (Lipinski definition) is 0. The largest absolute Gasteiger partial charge is 0.452 e. The van der Waals surface area contributed by atoms with Crippen LogP contribution >= 0.6 is 11.6 Å². The van der Waals surface area contributed by atoms with E-state index in [1.807, 2.05) is 37.3 Å². The summed E-state index contributed by atoms with van der Waals surface area (Å²) < 4.78 is 4.80. The zero-order valence-corrected chi connectivity index (χ0v) is 15.4. The minimum Gasteiger partial charge on any atom is -0.452 e. The van der Waals surface area contributed by atoms with Gasteiger partial charge in [-0.25, -0.2) is 4.79 Å². The lowest BCUT2D eigenvalue weighted by atomic mass is 10.1. The minimum absolute atomic E-state index is 0.0940. The van der Waals surface area contributed by atoms with Gasteiger partial charge in [0.15, 0.2) is 0 Å². The fourth-order valence-electron chi connectivity index (χ4n) is 2.29. The summed E-state index contributed by atoms with van der Waals surface area (Å²) in [6.45, 7) is 2.12. The van der Waals surface area contributed by atoms with E-state index in [-0.39, 0.29) is 13.2 Å². The van der Waals surface area contributed by atoms with Gasteiger partial charge in [-0.2, -0.15) is 0 Å². The molecule has 2 aromatic carbocycles. The van der Waals surface area contributed by atoms with Crippen molar-refractivity contribution < 1.29 is 14.4 Å². The minimum atomic E-state index is -0.531. The van der Waals surface area contributed by atoms with Crippen LogP contribution in [0.25, 0.3) is 0 Å². The Morgan fingerprint density at radius 2 is 1.92 bits per heavy atom. The van der Waals surface area contributed by atoms with Crippen LogP contribution in [0.3, 0.4) is 0 Å². The molecule has 0 unspecified atom stereocenters. The number of rotatable bonds is 6. The second-order valence-electron chi connectivity index (χ2n) is 5.35. The average molecular weight is 371 g/mol. The second-order valence-corrected chi connectivity index (χ2v) is 5.78. The Morgan fingerprint density at radius 1 is 1.23 bits per heavy atom. The van der Waals surface area contributed by atoms with Crippen molar-refractivity contribution >= 4 is 29.1 Å². The van der Waals surface area contributed by atoms with E-state index in [4.69, 9.17) is 27.6 Å². The molecule has 0 aromatic heterocycles. The fourth-order valence-corrected chi connectivity index (χ4v) is 2.41. The summed E-state index contributed by atoms with van der Waals surface area (Å²) in [4.78, 5) is 18.8. The number of halogens is 1. The van der Waals surface area contributed by atoms with Crippen LogP contribution in [0.1, 0.15) is 18.1 Å². The molecule has 0 bridgehead atoms. The summed E-state index contributed by atoms with van der Waals surface area (Å²) >= 11 is 5.88. The highest BCUT2D eigenvalue weighted by molar-refractivity contribution is 6.30. The van der Waals surface area contributed by atoms with Crippen molar-refractivity contribution in [1.29, 1.82) is 0 Å². The molecule has 0 aliphatic heterocycles. The third-order valence-corrected chi connectivity index (χ3v) is 3.86. The highest BCUT2D eigenvalue weighted by atomic mass is 35.5. The quantitative estimate of drug-likeness (QED) is 0.427. The van der Waals surface area contributed by atoms with Crippen LogP contribution in [-0.2, 0) is 16.2 Å². The molecule has 0 aliphatic rings. The van der Waals surface area contributed by atoms with Crippen molar-refractivity contribution in [1.82, 2.24) is 0 Å². The van der Waals surface area contributed by atoms with Crippen molar-refractivity contribution in [2.75, 3.05) is 18.6 Å². The molecule has 0 saturated heterocycles. The molecular weight excluding hydrogens is 352 g/mol. The first kappa shape index (κ1) is 19.4. The molecule has 0 fully saturated rings. The predicted molar refractivity (Wildman–Crippen MR) is 103 cm³/mol. The summed E-state index contributed by atoms with van der Waals surface area (Å²) in [5.74, 6) is 2.46. The van der Waals surface area contributed by atoms with E-state index in [9.17, 15) is 4.79 Å². The standard InChI is InChI=1S/C20H19ClN2O3/c1-4-13-23(20(24)25-3)19-8-6-5-7-17(19)14-26-22-15(2)16-9-11-18(21)12-10-16/h1,5-12H,13-14H2,2-3H3/b22-15+. The van der Waals surface area contributed by atoms with Crippen molar-refractivity contribution in [2.24, 2.45) is 5.16 Å². The van der Waals surface area contributed by atoms with Crippen LogP contribution in [0.15, 0.2) is 53.7 Å². The van der Waals surface area contributed by atoms with Gasteiger partial charge in [-0.3, -0.25) is 4.90 Å². The fraction of sp³-hybridized carbons (Fsp3) is 0.200. The number of hydrogen-bond acceptors (Lipinski definition) is 4. The number of ether oxygens (including phenoxy) is 1. The van der Waals surface area contributed by atoms with Gasteiger partial charge in [-0.15, -0.1) is 6.42 Å². The van der Waals surface area contributed by atoms with E-state index >= 15 is 0 Å². The van der Waals surface area contributed by atoms with Gasteiger partial charge < -0.3 is 9.57 Å². The summed E-state index contributed by atoms with van der Waals surface area (Å²) in [7, 11) is 1.31. The van der Waals surface area contributed by atoms with Gasteiger partial charge in [0.05, 0.1) is 25.1 Å². The molecule has 2 aromatic rings. The molecule has 134 valence electrons. The molecule has 0 radical (unpaired) electrons. The summed E-state index contributed by atoms with van der Waals surface area (Å²) in [5.41, 5.74) is 3.01. The molecule has 6 heteroatoms. The van der Waals surface area contributed by atoms with Crippen LogP contribution < -0.4 is 4.90 Å². The third-order valence-electron chi connectivity index (χ3n) is 3.61. The first-order valence-electron chi connectivity index (χ1n) is 7.86. The van der Waals surface area contributed by atoms with E-state index in [0.29, 0.717) is 16.4 Å². The number of terminal acetylenes is 1. The smallest absolute Gasteiger partial charge is 0.414 e. The Balaban J connectivity index is 2.15. The maximum absolute atomic E-state index is 12.0. The molecule has 0 saturated carbocycles. The van der Waals surface area contributed by atoms with Gasteiger partial charge in [0.1, 0.15) is 6.61 Å². The Kier molecular flexibility index (Phi) is 7.07. The van der Waals surface area contributed by atoms with E-state index in [0.717, 1.165) is 11.1 Å². The number of oxime groups is 1. The SMILES string of the molecule is C#CCN(C(=O)OC)c1ccccc1CO/N=C(\C)c1ccc(Cl)cc1. The lowest BCUT2D eigenvalue weighted by Gasteiger charge is -2.21. The second kappa shape index (κ2) is 9.50. The Morgan fingerprint density at radius 3 is 2.58 bits per heavy atom. The number of benzene rings is 2. The van der Waals surface area contributed by atoms with Crippen molar-refractivity contribution in [2.45, 2.75) is 13.5 Å². The van der Waals surface area contributed by atoms with Crippen LogP contribution in [0, 0.1) is 12.3 Å². The number of nitrogens with zero attached hydrogens (tertiary/aromatic N) is 2. The highest BCUT2D eigenvalue weighted by Gasteiger charge is 2.18. The van der Waals surface area contributed by atoms with Crippen molar-refractivity contribution in [3.63, 3.8) is 0 Å². The first-order valence-corrected chi connectivity index (χ1v) is 8.24. The molecular formula is C20H19ClN2O3. The Bertz CT molecular complexity index is 826. The lowest BCUT2D eigenvalue weighted by molar-refractivity contribution is 0.130. The van der Waals surface area contributed by atoms with Gasteiger partial charge >= 0.3 is 6.09 Å². The Hall–Kier alpha value is -2.97. The van der Waals surface area contributed by atoms with Gasteiger partial charge in [0, 0.05) is 10.6 Å². The molecule has 0 spiro atoms. The number of para-hydroxylation sites is 1. The van der Waals surface area contributed by atoms with Crippen molar-refractivity contribution in [3.05, 3.63) is 64.7 Å². The summed E-state index contributed by atoms with van der Waals surface area (Å²) in [6, 6.07) is 14.6. The molecule has 2 rings (SSSR count). The molecule has 5 nitrogen and oxygen atoms in total. The van der Waals surface area contributed by atoms with Gasteiger partial charge in [-0.05, 0) is 30.7 Å². The number of amides is 1. The normalized spacial score (nSPS) is 10.8. The van der Waals surface area contributed by atoms with Crippen LogP contribution in [0.5, 0.6) is 0 Å². The predicted octanol–water partition coefficient (Wildman–Crippen LogP) is 4.49. The van der Waals surface area contributed by atoms with E-state index in [1.165, 1.54) is 12.0 Å². The van der Waals surface area contributed by atoms with Crippen LogP contribution in [0.2, 0.25) is 5.02 Å². The molecule has 0 N–H and O–H groups in total. The molecule has 0 atom stereocenters. The van der Waals surface area contributed by atoms with Gasteiger partial charge in [-0.1, -0.05) is 53.0 Å². The molecule has 26 heavy (non-hydrogen) atoms. The first-order chi connectivity index (χ1) is 12.6. The average Bonchev–Trinajstić information content (AvgIpc) is 2.66. The van der Waals surface area contributed by atoms with Gasteiger partial charge in [0.2, 0.25) is 0 Å². The number of methoxy groups -OCH3 is 1. The summed E-state index contributed by atoms with van der Waals surface area (Å²) in [5, 5.41) is 4.79. The molecule has 1 amide bonds. The van der Waals surface area contributed by atoms with Gasteiger partial charge in [0.25, 0.3) is 0 Å². The number of carbonyl (C=O) groups is 1. The molecule has 0 aliphatic carbocycles. The van der Waals surface area contributed by atoms with Crippen LogP contribution in [-0.4, -0.2) is 25.5 Å². The summed E-state index contributed by atoms with van der Waals surface area (Å²) in [6.07, 6.45) is 4.83. The van der Waals surface area contributed by atoms with Crippen LogP contribution in [0.4, 0.5) is 10.5 Å². The monoisotopic (exact) mass is 370 g/mol. The van der Waals surface area contributed by atoms with Crippen molar-refractivity contribution in [3.8, 4) is 12.3 Å². The van der Waals surface area contributed by atoms with E-state index in [1.54, 1.807) is 18.2 Å². The maximum Gasteiger partial charge on any atom is 0.414 e. The lowest BCUT2D eigenvalue weighted by Crippen LogP contribution is -2.31. The number of carbonyl (C=O) groups excluding carboxylic acids is 1. The number of anilines is 1. The maximum atomic E-state index is 12.0.